The third kappa shape index (κ3) is 6.06. The predicted octanol–water partition coefficient (Wildman–Crippen LogP) is 6.37. The van der Waals surface area contributed by atoms with Crippen molar-refractivity contribution in [2.75, 3.05) is 23.9 Å². The van der Waals surface area contributed by atoms with Gasteiger partial charge in [-0.05, 0) is 66.2 Å². The Kier molecular flexibility index (Phi) is 8.00. The minimum Gasteiger partial charge on any atom is -0.616 e. The maximum atomic E-state index is 13.6. The molecule has 8 nitrogen and oxygen atoms in total. The Morgan fingerprint density at radius 3 is 2.83 bits per heavy atom. The summed E-state index contributed by atoms with van der Waals surface area (Å²) in [6.07, 6.45) is 6.78. The van der Waals surface area contributed by atoms with Crippen molar-refractivity contribution in [2.45, 2.75) is 12.6 Å². The fourth-order valence-corrected chi connectivity index (χ4v) is 5.69. The summed E-state index contributed by atoms with van der Waals surface area (Å²) in [7, 11) is 0. The molecule has 3 aromatic carbocycles. The number of anilines is 2. The van der Waals surface area contributed by atoms with E-state index in [0.29, 0.717) is 30.4 Å². The van der Waals surface area contributed by atoms with E-state index in [9.17, 15) is 8.94 Å². The number of furan rings is 1. The maximum absolute atomic E-state index is 13.6. The minimum atomic E-state index is -0.995. The van der Waals surface area contributed by atoms with E-state index in [1.54, 1.807) is 24.6 Å². The molecule has 10 heteroatoms. The Labute approximate surface area is 245 Å². The average molecular weight is 581 g/mol. The van der Waals surface area contributed by atoms with Crippen LogP contribution < -0.4 is 10.6 Å². The lowest BCUT2D eigenvalue weighted by Crippen LogP contribution is -2.27. The van der Waals surface area contributed by atoms with Gasteiger partial charge in [0, 0.05) is 28.6 Å². The van der Waals surface area contributed by atoms with Crippen LogP contribution in [0.5, 0.6) is 0 Å². The standard InChI is InChI=1S/C32H29FN6O2S/c1-3-13-34-28(19-42(2)40)31-12-11-30(41-31)22-7-9-27-26(16-22)32(36-20-35-27)38-25-8-10-29-23(15-25)17-37-39(29)18-21-5-4-6-24(33)14-21/h3-12,14-17,20,28,34H,1,13,18-19H2,2H3,(H,35,36,38). The quantitative estimate of drug-likeness (QED) is 0.136. The van der Waals surface area contributed by atoms with Crippen LogP contribution in [0.3, 0.4) is 0 Å². The molecule has 0 amide bonds. The second-order valence-corrected chi connectivity index (χ2v) is 11.5. The zero-order valence-electron chi connectivity index (χ0n) is 23.0. The second kappa shape index (κ2) is 12.2. The van der Waals surface area contributed by atoms with Gasteiger partial charge in [0.05, 0.1) is 30.0 Å². The topological polar surface area (TPSA) is 104 Å². The van der Waals surface area contributed by atoms with Crippen LogP contribution >= 0.6 is 0 Å². The third-order valence-electron chi connectivity index (χ3n) is 6.93. The Morgan fingerprint density at radius 1 is 1.10 bits per heavy atom. The highest BCUT2D eigenvalue weighted by atomic mass is 32.2. The molecule has 0 radical (unpaired) electrons. The fraction of sp³-hybridized carbons (Fsp3) is 0.156. The molecule has 42 heavy (non-hydrogen) atoms. The van der Waals surface area contributed by atoms with E-state index < -0.39 is 11.2 Å². The second-order valence-electron chi connectivity index (χ2n) is 9.98. The van der Waals surface area contributed by atoms with Gasteiger partial charge in [-0.15, -0.1) is 6.58 Å². The maximum Gasteiger partial charge on any atom is 0.141 e. The molecule has 6 rings (SSSR count). The van der Waals surface area contributed by atoms with E-state index in [0.717, 1.165) is 44.4 Å². The normalized spacial score (nSPS) is 12.9. The van der Waals surface area contributed by atoms with Crippen molar-refractivity contribution in [2.24, 2.45) is 0 Å². The van der Waals surface area contributed by atoms with Crippen LogP contribution in [0.1, 0.15) is 17.4 Å². The molecule has 0 saturated carbocycles. The van der Waals surface area contributed by atoms with Crippen molar-refractivity contribution >= 4 is 44.5 Å². The molecule has 2 atom stereocenters. The van der Waals surface area contributed by atoms with Crippen LogP contribution in [0.4, 0.5) is 15.9 Å². The first-order chi connectivity index (χ1) is 20.5. The van der Waals surface area contributed by atoms with Gasteiger partial charge in [-0.1, -0.05) is 29.4 Å². The van der Waals surface area contributed by atoms with Gasteiger partial charge in [0.1, 0.15) is 41.3 Å². The molecule has 0 aliphatic rings. The molecule has 0 spiro atoms. The van der Waals surface area contributed by atoms with E-state index >= 15 is 0 Å². The first-order valence-corrected chi connectivity index (χ1v) is 15.2. The fourth-order valence-electron chi connectivity index (χ4n) is 4.94. The highest BCUT2D eigenvalue weighted by molar-refractivity contribution is 7.90. The molecule has 2 N–H and O–H groups in total. The molecule has 0 aliphatic carbocycles. The number of halogens is 1. The van der Waals surface area contributed by atoms with Gasteiger partial charge < -0.3 is 14.3 Å². The van der Waals surface area contributed by atoms with Crippen molar-refractivity contribution in [1.82, 2.24) is 25.1 Å². The van der Waals surface area contributed by atoms with Gasteiger partial charge in [-0.3, -0.25) is 10.00 Å². The van der Waals surface area contributed by atoms with Crippen LogP contribution in [0.2, 0.25) is 0 Å². The summed E-state index contributed by atoms with van der Waals surface area (Å²) in [4.78, 5) is 8.97. The summed E-state index contributed by atoms with van der Waals surface area (Å²) in [5, 5.41) is 13.1. The number of nitrogens with one attached hydrogen (secondary N) is 2. The Balaban J connectivity index is 1.26. The van der Waals surface area contributed by atoms with E-state index in [1.807, 2.05) is 59.3 Å². The summed E-state index contributed by atoms with van der Waals surface area (Å²) in [6.45, 7) is 4.82. The number of hydrogen-bond acceptors (Lipinski definition) is 7. The van der Waals surface area contributed by atoms with Crippen LogP contribution in [-0.2, 0) is 17.7 Å². The largest absolute Gasteiger partial charge is 0.616 e. The van der Waals surface area contributed by atoms with Gasteiger partial charge >= 0.3 is 0 Å². The smallest absolute Gasteiger partial charge is 0.141 e. The van der Waals surface area contributed by atoms with Gasteiger partial charge in [0.15, 0.2) is 0 Å². The molecule has 0 aliphatic heterocycles. The minimum absolute atomic E-state index is 0.184. The van der Waals surface area contributed by atoms with Gasteiger partial charge in [-0.2, -0.15) is 5.10 Å². The number of nitrogens with zero attached hydrogens (tertiary/aromatic N) is 4. The Hall–Kier alpha value is -4.51. The SMILES string of the molecule is C=CCNC(C[S+](C)[O-])c1ccc(-c2ccc3ncnc(Nc4ccc5c(cnn5Cc5cccc(F)c5)c4)c3c2)o1. The molecule has 0 bridgehead atoms. The Morgan fingerprint density at radius 2 is 2.00 bits per heavy atom. The van der Waals surface area contributed by atoms with Crippen LogP contribution in [0, 0.1) is 5.82 Å². The van der Waals surface area contributed by atoms with Crippen LogP contribution in [0.15, 0.2) is 102 Å². The number of rotatable bonds is 11. The van der Waals surface area contributed by atoms with E-state index in [2.05, 4.69) is 32.3 Å². The molecule has 3 aromatic heterocycles. The molecule has 6 aromatic rings. The van der Waals surface area contributed by atoms with Crippen molar-refractivity contribution in [3.05, 3.63) is 115 Å². The Bertz CT molecular complexity index is 1870. The van der Waals surface area contributed by atoms with Crippen LogP contribution in [-0.4, -0.2) is 42.9 Å². The third-order valence-corrected chi connectivity index (χ3v) is 7.73. The highest BCUT2D eigenvalue weighted by Gasteiger charge is 2.20. The first kappa shape index (κ1) is 27.6. The van der Waals surface area contributed by atoms with E-state index in [-0.39, 0.29) is 11.9 Å². The number of fused-ring (bicyclic) bond motifs is 2. The lowest BCUT2D eigenvalue weighted by Gasteiger charge is -2.16. The van der Waals surface area contributed by atoms with E-state index in [1.165, 1.54) is 18.5 Å². The van der Waals surface area contributed by atoms with Crippen molar-refractivity contribution in [1.29, 1.82) is 0 Å². The lowest BCUT2D eigenvalue weighted by molar-refractivity contribution is 0.448. The summed E-state index contributed by atoms with van der Waals surface area (Å²) < 4.78 is 33.6. The summed E-state index contributed by atoms with van der Waals surface area (Å²) in [5.41, 5.74) is 4.31. The molecule has 0 fully saturated rings. The summed E-state index contributed by atoms with van der Waals surface area (Å²) in [5.74, 6) is 2.25. The van der Waals surface area contributed by atoms with Crippen molar-refractivity contribution < 1.29 is 13.4 Å². The van der Waals surface area contributed by atoms with Crippen molar-refractivity contribution in [3.8, 4) is 11.3 Å². The summed E-state index contributed by atoms with van der Waals surface area (Å²) >= 11 is -0.995. The molecule has 3 heterocycles. The van der Waals surface area contributed by atoms with Gasteiger partial charge in [0.25, 0.3) is 0 Å². The van der Waals surface area contributed by atoms with E-state index in [4.69, 9.17) is 4.42 Å². The molecule has 212 valence electrons. The molecule has 0 saturated heterocycles. The average Bonchev–Trinajstić information content (AvgIpc) is 3.63. The number of benzene rings is 3. The lowest BCUT2D eigenvalue weighted by atomic mass is 10.1. The zero-order valence-corrected chi connectivity index (χ0v) is 23.8. The zero-order chi connectivity index (χ0) is 29.1. The van der Waals surface area contributed by atoms with Crippen LogP contribution in [0.25, 0.3) is 33.1 Å². The molecular formula is C32H29FN6O2S. The first-order valence-electron chi connectivity index (χ1n) is 13.4. The molecular weight excluding hydrogens is 551 g/mol. The number of aromatic nitrogens is 4. The predicted molar refractivity (Wildman–Crippen MR) is 166 cm³/mol. The monoisotopic (exact) mass is 580 g/mol. The van der Waals surface area contributed by atoms with Gasteiger partial charge in [0.2, 0.25) is 0 Å². The summed E-state index contributed by atoms with van der Waals surface area (Å²) in [6, 6.07) is 22.1. The van der Waals surface area contributed by atoms with Crippen molar-refractivity contribution in [3.63, 3.8) is 0 Å². The number of hydrogen-bond donors (Lipinski definition) is 2. The van der Waals surface area contributed by atoms with Gasteiger partial charge in [-0.25, -0.2) is 14.4 Å². The molecule has 2 unspecified atom stereocenters. The highest BCUT2D eigenvalue weighted by Crippen LogP contribution is 2.32.